The number of amides is 1. The summed E-state index contributed by atoms with van der Waals surface area (Å²) >= 11 is 1.60. The second kappa shape index (κ2) is 7.29. The molecule has 1 fully saturated rings. The molecule has 2 aromatic carbocycles. The third-order valence-corrected chi connectivity index (χ3v) is 6.08. The van der Waals surface area contributed by atoms with E-state index in [4.69, 9.17) is 0 Å². The van der Waals surface area contributed by atoms with E-state index in [1.807, 2.05) is 59.7 Å². The number of thiazole rings is 1. The van der Waals surface area contributed by atoms with Gasteiger partial charge in [0.25, 0.3) is 5.91 Å². The largest absolute Gasteiger partial charge is 0.349 e. The van der Waals surface area contributed by atoms with E-state index in [0.717, 1.165) is 45.1 Å². The van der Waals surface area contributed by atoms with Crippen LogP contribution in [0.2, 0.25) is 0 Å². The molecule has 1 N–H and O–H groups in total. The van der Waals surface area contributed by atoms with Crippen LogP contribution in [0.5, 0.6) is 0 Å². The molecule has 0 bridgehead atoms. The fourth-order valence-electron chi connectivity index (χ4n) is 3.24. The summed E-state index contributed by atoms with van der Waals surface area (Å²) in [4.78, 5) is 17.0. The minimum absolute atomic E-state index is 0.00361. The molecule has 1 aliphatic rings. The predicted molar refractivity (Wildman–Crippen MR) is 115 cm³/mol. The molecule has 0 aliphatic heterocycles. The average molecular weight is 401 g/mol. The van der Waals surface area contributed by atoms with E-state index >= 15 is 0 Å². The van der Waals surface area contributed by atoms with Crippen molar-refractivity contribution in [3.8, 4) is 26.7 Å². The van der Waals surface area contributed by atoms with Gasteiger partial charge in [-0.25, -0.2) is 9.67 Å². The van der Waals surface area contributed by atoms with Gasteiger partial charge in [0.15, 0.2) is 0 Å². The van der Waals surface area contributed by atoms with Gasteiger partial charge in [0, 0.05) is 28.9 Å². The van der Waals surface area contributed by atoms with Gasteiger partial charge in [-0.3, -0.25) is 4.79 Å². The summed E-state index contributed by atoms with van der Waals surface area (Å²) in [5.74, 6) is -0.00361. The Morgan fingerprint density at radius 2 is 1.93 bits per heavy atom. The molecule has 0 atom stereocenters. The Hall–Kier alpha value is -3.25. The quantitative estimate of drug-likeness (QED) is 0.520. The molecular formula is C23H20N4OS. The number of rotatable bonds is 5. The zero-order valence-electron chi connectivity index (χ0n) is 16.0. The molecule has 4 aromatic rings. The maximum Gasteiger partial charge on any atom is 0.251 e. The highest BCUT2D eigenvalue weighted by molar-refractivity contribution is 7.17. The lowest BCUT2D eigenvalue weighted by Gasteiger charge is -2.08. The lowest BCUT2D eigenvalue weighted by atomic mass is 10.0. The Balaban J connectivity index is 1.43. The van der Waals surface area contributed by atoms with E-state index < -0.39 is 0 Å². The molecule has 0 unspecified atom stereocenters. The van der Waals surface area contributed by atoms with E-state index in [-0.39, 0.29) is 5.91 Å². The van der Waals surface area contributed by atoms with Crippen LogP contribution in [-0.2, 0) is 0 Å². The Morgan fingerprint density at radius 1 is 1.10 bits per heavy atom. The summed E-state index contributed by atoms with van der Waals surface area (Å²) in [6.45, 7) is 2.05. The van der Waals surface area contributed by atoms with Crippen molar-refractivity contribution in [2.75, 3.05) is 0 Å². The van der Waals surface area contributed by atoms with Crippen molar-refractivity contribution in [3.63, 3.8) is 0 Å². The Kier molecular flexibility index (Phi) is 4.48. The molecule has 0 spiro atoms. The molecular weight excluding hydrogens is 380 g/mol. The number of carbonyl (C=O) groups is 1. The number of nitrogens with zero attached hydrogens (tertiary/aromatic N) is 3. The highest BCUT2D eigenvalue weighted by Crippen LogP contribution is 2.30. The highest BCUT2D eigenvalue weighted by Gasteiger charge is 2.24. The molecule has 29 heavy (non-hydrogen) atoms. The molecule has 6 heteroatoms. The van der Waals surface area contributed by atoms with Crippen molar-refractivity contribution in [3.05, 3.63) is 78.2 Å². The van der Waals surface area contributed by atoms with Gasteiger partial charge in [-0.05, 0) is 43.0 Å². The number of nitrogens with one attached hydrogen (secondary N) is 1. The third-order valence-electron chi connectivity index (χ3n) is 5.05. The first-order valence-corrected chi connectivity index (χ1v) is 10.5. The molecule has 1 aliphatic carbocycles. The standard InChI is InChI=1S/C23H20N4OS/c1-15-7-8-17(22(28)26-19-9-10-19)11-20(15)18-12-25-27(14-18)21-13-24-23(29-21)16-5-3-2-4-6-16/h2-8,11-14,19H,9-10H2,1H3,(H,26,28). The number of carbonyl (C=O) groups excluding carboxylic acids is 1. The van der Waals surface area contributed by atoms with Crippen molar-refractivity contribution in [2.24, 2.45) is 0 Å². The van der Waals surface area contributed by atoms with Crippen LogP contribution in [0.1, 0.15) is 28.8 Å². The maximum absolute atomic E-state index is 12.4. The highest BCUT2D eigenvalue weighted by atomic mass is 32.1. The Bertz CT molecular complexity index is 1170. The zero-order valence-corrected chi connectivity index (χ0v) is 16.8. The predicted octanol–water partition coefficient (Wildman–Crippen LogP) is 4.86. The van der Waals surface area contributed by atoms with Crippen molar-refractivity contribution in [1.82, 2.24) is 20.1 Å². The summed E-state index contributed by atoms with van der Waals surface area (Å²) < 4.78 is 1.84. The summed E-state index contributed by atoms with van der Waals surface area (Å²) in [6, 6.07) is 16.3. The number of hydrogen-bond donors (Lipinski definition) is 1. The van der Waals surface area contributed by atoms with Crippen molar-refractivity contribution >= 4 is 17.2 Å². The maximum atomic E-state index is 12.4. The summed E-state index contributed by atoms with van der Waals surface area (Å²) in [5, 5.41) is 9.50. The SMILES string of the molecule is Cc1ccc(C(=O)NC2CC2)cc1-c1cnn(-c2cnc(-c3ccccc3)s2)c1. The molecule has 5 nitrogen and oxygen atoms in total. The molecule has 0 saturated heterocycles. The second-order valence-corrected chi connectivity index (χ2v) is 8.33. The van der Waals surface area contributed by atoms with Crippen LogP contribution in [0, 0.1) is 6.92 Å². The molecule has 2 aromatic heterocycles. The van der Waals surface area contributed by atoms with Gasteiger partial charge < -0.3 is 5.32 Å². The number of benzene rings is 2. The average Bonchev–Trinajstić information content (AvgIpc) is 3.21. The fraction of sp³-hybridized carbons (Fsp3) is 0.174. The lowest BCUT2D eigenvalue weighted by molar-refractivity contribution is 0.0951. The monoisotopic (exact) mass is 400 g/mol. The first-order chi connectivity index (χ1) is 14.2. The first-order valence-electron chi connectivity index (χ1n) is 9.65. The van der Waals surface area contributed by atoms with Gasteiger partial charge in [0.05, 0.1) is 12.4 Å². The molecule has 144 valence electrons. The van der Waals surface area contributed by atoms with Crippen LogP contribution in [0.25, 0.3) is 26.7 Å². The summed E-state index contributed by atoms with van der Waals surface area (Å²) in [6.07, 6.45) is 7.84. The van der Waals surface area contributed by atoms with Crippen LogP contribution in [0.4, 0.5) is 0 Å². The molecule has 2 heterocycles. The van der Waals surface area contributed by atoms with E-state index in [0.29, 0.717) is 11.6 Å². The summed E-state index contributed by atoms with van der Waals surface area (Å²) in [5.41, 5.74) is 4.91. The molecule has 5 rings (SSSR count). The van der Waals surface area contributed by atoms with Gasteiger partial charge in [0.1, 0.15) is 10.0 Å². The normalized spacial score (nSPS) is 13.4. The number of aryl methyl sites for hydroxylation is 1. The van der Waals surface area contributed by atoms with Crippen molar-refractivity contribution in [2.45, 2.75) is 25.8 Å². The first kappa shape index (κ1) is 17.8. The minimum atomic E-state index is -0.00361. The van der Waals surface area contributed by atoms with Crippen LogP contribution < -0.4 is 5.32 Å². The van der Waals surface area contributed by atoms with Gasteiger partial charge in [-0.2, -0.15) is 5.10 Å². The van der Waals surface area contributed by atoms with E-state index in [2.05, 4.69) is 34.5 Å². The number of hydrogen-bond acceptors (Lipinski definition) is 4. The van der Waals surface area contributed by atoms with Crippen molar-refractivity contribution < 1.29 is 4.79 Å². The van der Waals surface area contributed by atoms with Gasteiger partial charge in [0.2, 0.25) is 0 Å². The number of aromatic nitrogens is 3. The Morgan fingerprint density at radius 3 is 2.72 bits per heavy atom. The van der Waals surface area contributed by atoms with E-state index in [1.165, 1.54) is 0 Å². The van der Waals surface area contributed by atoms with Crippen molar-refractivity contribution in [1.29, 1.82) is 0 Å². The summed E-state index contributed by atoms with van der Waals surface area (Å²) in [7, 11) is 0. The van der Waals surface area contributed by atoms with Crippen LogP contribution in [0.3, 0.4) is 0 Å². The Labute approximate surface area is 173 Å². The topological polar surface area (TPSA) is 59.8 Å². The van der Waals surface area contributed by atoms with Crippen LogP contribution in [-0.4, -0.2) is 26.7 Å². The van der Waals surface area contributed by atoms with Gasteiger partial charge in [-0.15, -0.1) is 0 Å². The van der Waals surface area contributed by atoms with Gasteiger partial charge in [-0.1, -0.05) is 47.7 Å². The van der Waals surface area contributed by atoms with E-state index in [1.54, 1.807) is 11.3 Å². The van der Waals surface area contributed by atoms with Gasteiger partial charge >= 0.3 is 0 Å². The lowest BCUT2D eigenvalue weighted by Crippen LogP contribution is -2.25. The zero-order chi connectivity index (χ0) is 19.8. The molecule has 1 amide bonds. The fourth-order valence-corrected chi connectivity index (χ4v) is 4.10. The molecule has 1 saturated carbocycles. The van der Waals surface area contributed by atoms with E-state index in [9.17, 15) is 4.79 Å². The smallest absolute Gasteiger partial charge is 0.251 e. The molecule has 0 radical (unpaired) electrons. The third kappa shape index (κ3) is 3.71. The van der Waals surface area contributed by atoms with Crippen LogP contribution >= 0.6 is 11.3 Å². The minimum Gasteiger partial charge on any atom is -0.349 e. The van der Waals surface area contributed by atoms with Crippen LogP contribution in [0.15, 0.2) is 67.1 Å². The second-order valence-electron chi connectivity index (χ2n) is 7.32.